The average molecular weight is 409 g/mol. The highest BCUT2D eigenvalue weighted by molar-refractivity contribution is 6.01. The van der Waals surface area contributed by atoms with Crippen molar-refractivity contribution in [1.82, 2.24) is 19.7 Å². The van der Waals surface area contributed by atoms with E-state index in [9.17, 15) is 14.0 Å². The monoisotopic (exact) mass is 409 g/mol. The van der Waals surface area contributed by atoms with Crippen LogP contribution in [0.15, 0.2) is 41.0 Å². The number of nitrogens with one attached hydrogen (secondary N) is 1. The van der Waals surface area contributed by atoms with Gasteiger partial charge in [0.25, 0.3) is 11.8 Å². The lowest BCUT2D eigenvalue weighted by Crippen LogP contribution is -2.31. The maximum absolute atomic E-state index is 13.4. The Morgan fingerprint density at radius 1 is 1.17 bits per heavy atom. The summed E-state index contributed by atoms with van der Waals surface area (Å²) in [5, 5.41) is 10.9. The molecule has 0 bridgehead atoms. The van der Waals surface area contributed by atoms with Gasteiger partial charge in [-0.05, 0) is 43.0 Å². The van der Waals surface area contributed by atoms with Gasteiger partial charge in [0.1, 0.15) is 17.4 Å². The van der Waals surface area contributed by atoms with Crippen molar-refractivity contribution < 1.29 is 18.4 Å². The summed E-state index contributed by atoms with van der Waals surface area (Å²) in [5.41, 5.74) is 0.947. The molecule has 0 saturated carbocycles. The zero-order chi connectivity index (χ0) is 20.8. The third-order valence-electron chi connectivity index (χ3n) is 5.93. The van der Waals surface area contributed by atoms with Crippen molar-refractivity contribution in [3.8, 4) is 0 Å². The first kappa shape index (κ1) is 18.5. The van der Waals surface area contributed by atoms with E-state index >= 15 is 0 Å². The minimum atomic E-state index is -0.433. The van der Waals surface area contributed by atoms with E-state index in [-0.39, 0.29) is 23.6 Å². The van der Waals surface area contributed by atoms with E-state index in [1.807, 2.05) is 9.47 Å². The van der Waals surface area contributed by atoms with Gasteiger partial charge in [-0.2, -0.15) is 0 Å². The fraction of sp³-hybridized carbons (Fsp3) is 0.333. The Balaban J connectivity index is 1.32. The molecule has 2 atom stereocenters. The highest BCUT2D eigenvalue weighted by atomic mass is 19.1. The number of halogens is 1. The molecule has 9 heteroatoms. The second-order valence-corrected chi connectivity index (χ2v) is 7.84. The highest BCUT2D eigenvalue weighted by Crippen LogP contribution is 2.33. The van der Waals surface area contributed by atoms with E-state index in [0.29, 0.717) is 43.1 Å². The Morgan fingerprint density at radius 3 is 2.77 bits per heavy atom. The Morgan fingerprint density at radius 2 is 2.00 bits per heavy atom. The van der Waals surface area contributed by atoms with Crippen molar-refractivity contribution in [2.24, 2.45) is 11.8 Å². The SMILES string of the molecule is Cc1occc1C(=O)N1C[C@H]2Cc3nnc(C(=O)Nc4cccc(F)c4)n3C[C@@H]2C1. The van der Waals surface area contributed by atoms with Gasteiger partial charge in [0, 0.05) is 31.7 Å². The molecule has 4 heterocycles. The molecule has 0 unspecified atom stereocenters. The number of hydrogen-bond donors (Lipinski definition) is 1. The smallest absolute Gasteiger partial charge is 0.293 e. The number of anilines is 1. The molecule has 1 N–H and O–H groups in total. The van der Waals surface area contributed by atoms with E-state index in [1.54, 1.807) is 19.1 Å². The molecule has 1 saturated heterocycles. The number of carbonyl (C=O) groups is 2. The Labute approximate surface area is 171 Å². The molecule has 5 rings (SSSR count). The van der Waals surface area contributed by atoms with Crippen LogP contribution in [0.3, 0.4) is 0 Å². The zero-order valence-corrected chi connectivity index (χ0v) is 16.3. The van der Waals surface area contributed by atoms with Crippen molar-refractivity contribution in [1.29, 1.82) is 0 Å². The molecule has 1 aromatic carbocycles. The van der Waals surface area contributed by atoms with Gasteiger partial charge in [0.15, 0.2) is 0 Å². The average Bonchev–Trinajstić information content (AvgIpc) is 3.43. The van der Waals surface area contributed by atoms with Gasteiger partial charge in [-0.15, -0.1) is 10.2 Å². The Bertz CT molecular complexity index is 1140. The van der Waals surface area contributed by atoms with E-state index in [1.165, 1.54) is 24.5 Å². The first-order chi connectivity index (χ1) is 14.5. The van der Waals surface area contributed by atoms with E-state index in [4.69, 9.17) is 4.42 Å². The molecule has 3 aromatic rings. The van der Waals surface area contributed by atoms with Crippen molar-refractivity contribution in [2.45, 2.75) is 19.9 Å². The Hall–Kier alpha value is -3.49. The topological polar surface area (TPSA) is 93.3 Å². The predicted molar refractivity (Wildman–Crippen MR) is 104 cm³/mol. The largest absolute Gasteiger partial charge is 0.469 e. The minimum Gasteiger partial charge on any atom is -0.469 e. The standard InChI is InChI=1S/C21H20FN5O3/c1-12-17(5-6-30-12)21(29)26-9-13-7-18-24-25-19(27(18)11-14(13)10-26)20(28)23-16-4-2-3-15(22)8-16/h2-6,8,13-14H,7,9-11H2,1H3,(H,23,28)/t13-,14+/m1/s1. The molecular weight excluding hydrogens is 389 g/mol. The Kier molecular flexibility index (Phi) is 4.38. The number of likely N-dealkylation sites (tertiary alicyclic amines) is 1. The third kappa shape index (κ3) is 3.16. The van der Waals surface area contributed by atoms with E-state index in [2.05, 4.69) is 15.5 Å². The lowest BCUT2D eigenvalue weighted by Gasteiger charge is -2.25. The normalized spacial score (nSPS) is 20.0. The van der Waals surface area contributed by atoms with E-state index < -0.39 is 11.7 Å². The van der Waals surface area contributed by atoms with Gasteiger partial charge in [-0.25, -0.2) is 4.39 Å². The molecule has 8 nitrogen and oxygen atoms in total. The summed E-state index contributed by atoms with van der Waals surface area (Å²) in [7, 11) is 0. The van der Waals surface area contributed by atoms with Crippen molar-refractivity contribution in [3.63, 3.8) is 0 Å². The second-order valence-electron chi connectivity index (χ2n) is 7.84. The van der Waals surface area contributed by atoms with Gasteiger partial charge >= 0.3 is 0 Å². The van der Waals surface area contributed by atoms with Gasteiger partial charge in [-0.1, -0.05) is 6.07 Å². The molecule has 0 spiro atoms. The molecule has 0 aliphatic carbocycles. The first-order valence-electron chi connectivity index (χ1n) is 9.82. The van der Waals surface area contributed by atoms with Crippen LogP contribution in [0.1, 0.15) is 32.6 Å². The van der Waals surface area contributed by atoms with Crippen LogP contribution in [0.2, 0.25) is 0 Å². The number of benzene rings is 1. The summed E-state index contributed by atoms with van der Waals surface area (Å²) in [6.07, 6.45) is 2.18. The maximum Gasteiger partial charge on any atom is 0.293 e. The molecule has 2 amide bonds. The number of nitrogens with zero attached hydrogens (tertiary/aromatic N) is 4. The lowest BCUT2D eigenvalue weighted by molar-refractivity contribution is 0.0781. The van der Waals surface area contributed by atoms with Gasteiger partial charge < -0.3 is 19.2 Å². The molecule has 2 aliphatic heterocycles. The lowest BCUT2D eigenvalue weighted by atomic mass is 9.89. The van der Waals surface area contributed by atoms with Gasteiger partial charge in [-0.3, -0.25) is 9.59 Å². The number of aromatic nitrogens is 3. The zero-order valence-electron chi connectivity index (χ0n) is 16.3. The van der Waals surface area contributed by atoms with Crippen LogP contribution in [0.25, 0.3) is 0 Å². The summed E-state index contributed by atoms with van der Waals surface area (Å²) >= 11 is 0. The number of fused-ring (bicyclic) bond motifs is 2. The number of aryl methyl sites for hydroxylation is 1. The van der Waals surface area contributed by atoms with Crippen LogP contribution in [0.4, 0.5) is 10.1 Å². The summed E-state index contributed by atoms with van der Waals surface area (Å²) in [6.45, 7) is 3.59. The number of amides is 2. The summed E-state index contributed by atoms with van der Waals surface area (Å²) in [5.74, 6) is 1.14. The van der Waals surface area contributed by atoms with Gasteiger partial charge in [0.2, 0.25) is 5.82 Å². The highest BCUT2D eigenvalue weighted by Gasteiger charge is 2.41. The molecule has 154 valence electrons. The van der Waals surface area contributed by atoms with Crippen LogP contribution in [-0.4, -0.2) is 44.6 Å². The van der Waals surface area contributed by atoms with Crippen LogP contribution in [-0.2, 0) is 13.0 Å². The first-order valence-corrected chi connectivity index (χ1v) is 9.82. The van der Waals surface area contributed by atoms with Gasteiger partial charge in [0.05, 0.1) is 11.8 Å². The maximum atomic E-state index is 13.4. The van der Waals surface area contributed by atoms with Crippen LogP contribution in [0, 0.1) is 24.6 Å². The second kappa shape index (κ2) is 7.08. The molecule has 30 heavy (non-hydrogen) atoms. The van der Waals surface area contributed by atoms with Crippen LogP contribution in [0.5, 0.6) is 0 Å². The van der Waals surface area contributed by atoms with Crippen molar-refractivity contribution >= 4 is 17.5 Å². The number of furan rings is 1. The van der Waals surface area contributed by atoms with Crippen LogP contribution < -0.4 is 5.32 Å². The minimum absolute atomic E-state index is 0.0320. The summed E-state index contributed by atoms with van der Waals surface area (Å²) in [6, 6.07) is 7.40. The fourth-order valence-electron chi connectivity index (χ4n) is 4.39. The summed E-state index contributed by atoms with van der Waals surface area (Å²) in [4.78, 5) is 27.4. The third-order valence-corrected chi connectivity index (χ3v) is 5.93. The fourth-order valence-corrected chi connectivity index (χ4v) is 4.39. The molecule has 2 aliphatic rings. The number of hydrogen-bond acceptors (Lipinski definition) is 5. The van der Waals surface area contributed by atoms with Crippen LogP contribution >= 0.6 is 0 Å². The molecule has 1 fully saturated rings. The van der Waals surface area contributed by atoms with E-state index in [0.717, 1.165) is 5.82 Å². The number of rotatable bonds is 3. The molecule has 2 aromatic heterocycles. The molecular formula is C21H20FN5O3. The summed E-state index contributed by atoms with van der Waals surface area (Å²) < 4.78 is 20.5. The number of carbonyl (C=O) groups excluding carboxylic acids is 2. The quantitative estimate of drug-likeness (QED) is 0.718. The van der Waals surface area contributed by atoms with Crippen molar-refractivity contribution in [2.75, 3.05) is 18.4 Å². The predicted octanol–water partition coefficient (Wildman–Crippen LogP) is 2.52. The van der Waals surface area contributed by atoms with Crippen molar-refractivity contribution in [3.05, 3.63) is 65.4 Å². The molecule has 0 radical (unpaired) electrons.